The Hall–Kier alpha value is -1.86. The highest BCUT2D eigenvalue weighted by atomic mass is 16.2. The summed E-state index contributed by atoms with van der Waals surface area (Å²) in [5, 5.41) is 8.93. The molecule has 0 spiro atoms. The molecule has 0 saturated heterocycles. The molecular formula is C20H31N3O. The van der Waals surface area contributed by atoms with Crippen molar-refractivity contribution in [2.75, 3.05) is 25.0 Å². The number of benzene rings is 1. The third kappa shape index (κ3) is 5.65. The van der Waals surface area contributed by atoms with Crippen LogP contribution in [-0.4, -0.2) is 37.0 Å². The van der Waals surface area contributed by atoms with Crippen molar-refractivity contribution >= 4 is 11.6 Å². The summed E-state index contributed by atoms with van der Waals surface area (Å²) < 4.78 is 0. The van der Waals surface area contributed by atoms with Crippen LogP contribution in [0.2, 0.25) is 0 Å². The molecule has 1 rings (SSSR count). The second-order valence-corrected chi connectivity index (χ2v) is 7.76. The molecule has 132 valence electrons. The van der Waals surface area contributed by atoms with Crippen molar-refractivity contribution in [1.29, 1.82) is 5.26 Å². The minimum absolute atomic E-state index is 0.0360. The Morgan fingerprint density at radius 2 is 1.75 bits per heavy atom. The van der Waals surface area contributed by atoms with Gasteiger partial charge in [-0.25, -0.2) is 0 Å². The van der Waals surface area contributed by atoms with Crippen LogP contribution in [0.3, 0.4) is 0 Å². The normalized spacial score (nSPS) is 12.8. The van der Waals surface area contributed by atoms with Gasteiger partial charge in [0.1, 0.15) is 0 Å². The number of nitrogens with zero attached hydrogens (tertiary/aromatic N) is 3. The molecule has 1 aromatic carbocycles. The summed E-state index contributed by atoms with van der Waals surface area (Å²) in [7, 11) is 1.98. The first kappa shape index (κ1) is 20.2. The maximum absolute atomic E-state index is 12.9. The number of likely N-dealkylation sites (N-methyl/N-ethyl adjacent to an activating group) is 1. The molecule has 0 bridgehead atoms. The lowest BCUT2D eigenvalue weighted by atomic mass is 9.87. The summed E-state index contributed by atoms with van der Waals surface area (Å²) in [5.74, 6) is 0.0360. The van der Waals surface area contributed by atoms with Gasteiger partial charge in [0, 0.05) is 18.3 Å². The van der Waals surface area contributed by atoms with Crippen molar-refractivity contribution in [2.45, 2.75) is 54.0 Å². The van der Waals surface area contributed by atoms with Crippen LogP contribution in [0.25, 0.3) is 0 Å². The summed E-state index contributed by atoms with van der Waals surface area (Å²) >= 11 is 0. The van der Waals surface area contributed by atoms with Gasteiger partial charge < -0.3 is 4.90 Å². The number of carbonyl (C=O) groups is 1. The van der Waals surface area contributed by atoms with Crippen molar-refractivity contribution in [3.8, 4) is 6.07 Å². The van der Waals surface area contributed by atoms with Crippen LogP contribution >= 0.6 is 0 Å². The maximum atomic E-state index is 12.9. The molecule has 24 heavy (non-hydrogen) atoms. The van der Waals surface area contributed by atoms with Gasteiger partial charge in [0.25, 0.3) is 0 Å². The minimum Gasteiger partial charge on any atom is -0.310 e. The zero-order valence-corrected chi connectivity index (χ0v) is 16.2. The van der Waals surface area contributed by atoms with E-state index in [1.807, 2.05) is 33.0 Å². The average molecular weight is 329 g/mol. The highest BCUT2D eigenvalue weighted by molar-refractivity contribution is 5.95. The molecule has 0 N–H and O–H groups in total. The molecule has 0 heterocycles. The molecular weight excluding hydrogens is 298 g/mol. The predicted molar refractivity (Wildman–Crippen MR) is 100 cm³/mol. The molecule has 4 nitrogen and oxygen atoms in total. The Morgan fingerprint density at radius 1 is 1.21 bits per heavy atom. The quantitative estimate of drug-likeness (QED) is 0.795. The van der Waals surface area contributed by atoms with Gasteiger partial charge in [-0.05, 0) is 56.5 Å². The topological polar surface area (TPSA) is 47.3 Å². The van der Waals surface area contributed by atoms with Gasteiger partial charge in [0.05, 0.1) is 19.0 Å². The van der Waals surface area contributed by atoms with Crippen molar-refractivity contribution in [2.24, 2.45) is 5.41 Å². The summed E-state index contributed by atoms with van der Waals surface area (Å²) in [6.45, 7) is 13.5. The molecule has 1 amide bonds. The van der Waals surface area contributed by atoms with E-state index in [9.17, 15) is 4.79 Å². The van der Waals surface area contributed by atoms with Crippen molar-refractivity contribution in [3.63, 3.8) is 0 Å². The van der Waals surface area contributed by atoms with Gasteiger partial charge in [-0.3, -0.25) is 9.69 Å². The number of aryl methyl sites for hydroxylation is 2. The van der Waals surface area contributed by atoms with Crippen LogP contribution in [0.4, 0.5) is 5.69 Å². The van der Waals surface area contributed by atoms with Crippen molar-refractivity contribution < 1.29 is 4.79 Å². The number of rotatable bonds is 6. The summed E-state index contributed by atoms with van der Waals surface area (Å²) in [6, 6.07) is 8.53. The van der Waals surface area contributed by atoms with Gasteiger partial charge in [0.15, 0.2) is 0 Å². The summed E-state index contributed by atoms with van der Waals surface area (Å²) in [4.78, 5) is 16.7. The predicted octanol–water partition coefficient (Wildman–Crippen LogP) is 3.92. The van der Waals surface area contributed by atoms with Crippen LogP contribution < -0.4 is 4.90 Å². The zero-order valence-electron chi connectivity index (χ0n) is 16.2. The van der Waals surface area contributed by atoms with E-state index in [2.05, 4.69) is 44.7 Å². The first-order chi connectivity index (χ1) is 11.1. The van der Waals surface area contributed by atoms with Crippen LogP contribution in [0.15, 0.2) is 18.2 Å². The molecule has 1 atom stereocenters. The van der Waals surface area contributed by atoms with E-state index in [1.54, 1.807) is 4.90 Å². The Bertz CT molecular complexity index is 590. The van der Waals surface area contributed by atoms with E-state index in [-0.39, 0.29) is 17.4 Å². The van der Waals surface area contributed by atoms with Gasteiger partial charge in [-0.2, -0.15) is 5.26 Å². The highest BCUT2D eigenvalue weighted by Crippen LogP contribution is 2.24. The van der Waals surface area contributed by atoms with Crippen LogP contribution in [0.5, 0.6) is 0 Å². The Morgan fingerprint density at radius 3 is 2.21 bits per heavy atom. The van der Waals surface area contributed by atoms with E-state index in [1.165, 1.54) is 0 Å². The average Bonchev–Trinajstić information content (AvgIpc) is 2.44. The molecule has 1 aromatic rings. The van der Waals surface area contributed by atoms with Crippen LogP contribution in [0.1, 0.15) is 45.2 Å². The first-order valence-electron chi connectivity index (χ1n) is 8.52. The maximum Gasteiger partial charge on any atom is 0.241 e. The summed E-state index contributed by atoms with van der Waals surface area (Å²) in [6.07, 6.45) is 0.331. The lowest BCUT2D eigenvalue weighted by Gasteiger charge is -2.36. The fourth-order valence-corrected chi connectivity index (χ4v) is 2.76. The second kappa shape index (κ2) is 8.30. The van der Waals surface area contributed by atoms with E-state index in [0.717, 1.165) is 16.8 Å². The van der Waals surface area contributed by atoms with Crippen LogP contribution in [0, 0.1) is 30.6 Å². The highest BCUT2D eigenvalue weighted by Gasteiger charge is 2.27. The van der Waals surface area contributed by atoms with E-state index >= 15 is 0 Å². The molecule has 4 heteroatoms. The molecule has 0 aliphatic rings. The fraction of sp³-hybridized carbons (Fsp3) is 0.600. The van der Waals surface area contributed by atoms with E-state index < -0.39 is 0 Å². The molecule has 1 unspecified atom stereocenters. The number of hydrogen-bond donors (Lipinski definition) is 0. The smallest absolute Gasteiger partial charge is 0.241 e. The van der Waals surface area contributed by atoms with E-state index in [0.29, 0.717) is 19.5 Å². The van der Waals surface area contributed by atoms with E-state index in [4.69, 9.17) is 5.26 Å². The van der Waals surface area contributed by atoms with Gasteiger partial charge in [-0.15, -0.1) is 0 Å². The zero-order chi connectivity index (χ0) is 18.5. The molecule has 0 radical (unpaired) electrons. The number of amides is 1. The SMILES string of the molecule is Cc1cc(C)cc(N(CCC#N)C(=O)CN(C)C(C)C(C)(C)C)c1. The Labute approximate surface area is 147 Å². The standard InChI is InChI=1S/C20H31N3O/c1-15-11-16(2)13-18(12-15)23(10-8-9-21)19(24)14-22(7)17(3)20(4,5)6/h11-13,17H,8,10,14H2,1-7H3. The first-order valence-corrected chi connectivity index (χ1v) is 8.52. The minimum atomic E-state index is 0.0360. The number of carbonyl (C=O) groups excluding carboxylic acids is 1. The van der Waals surface area contributed by atoms with Crippen molar-refractivity contribution in [3.05, 3.63) is 29.3 Å². The third-order valence-corrected chi connectivity index (χ3v) is 4.57. The number of anilines is 1. The molecule has 0 saturated carbocycles. The van der Waals surface area contributed by atoms with Gasteiger partial charge in [-0.1, -0.05) is 26.8 Å². The number of hydrogen-bond acceptors (Lipinski definition) is 3. The Kier molecular flexibility index (Phi) is 6.98. The lowest BCUT2D eigenvalue weighted by Crippen LogP contribution is -2.46. The molecule has 0 aliphatic carbocycles. The largest absolute Gasteiger partial charge is 0.310 e. The third-order valence-electron chi connectivity index (χ3n) is 4.57. The van der Waals surface area contributed by atoms with Crippen LogP contribution in [-0.2, 0) is 4.79 Å². The molecule has 0 aliphatic heterocycles. The Balaban J connectivity index is 2.99. The summed E-state index contributed by atoms with van der Waals surface area (Å²) in [5.41, 5.74) is 3.23. The van der Waals surface area contributed by atoms with Gasteiger partial charge in [0.2, 0.25) is 5.91 Å². The second-order valence-electron chi connectivity index (χ2n) is 7.76. The van der Waals surface area contributed by atoms with Crippen molar-refractivity contribution in [1.82, 2.24) is 4.90 Å². The fourth-order valence-electron chi connectivity index (χ4n) is 2.76. The molecule has 0 aromatic heterocycles. The number of nitriles is 1. The monoisotopic (exact) mass is 329 g/mol. The van der Waals surface area contributed by atoms with Gasteiger partial charge >= 0.3 is 0 Å². The lowest BCUT2D eigenvalue weighted by molar-refractivity contribution is -0.120. The molecule has 0 fully saturated rings.